The Morgan fingerprint density at radius 1 is 0.958 bits per heavy atom. The van der Waals surface area contributed by atoms with Crippen LogP contribution in [0.15, 0.2) is 48.0 Å². The molecule has 0 heterocycles. The van der Waals surface area contributed by atoms with Gasteiger partial charge in [-0.3, -0.25) is 4.79 Å². The van der Waals surface area contributed by atoms with Crippen LogP contribution in [0.2, 0.25) is 0 Å². The number of carbonyl (C=O) groups is 1. The van der Waals surface area contributed by atoms with E-state index in [1.54, 1.807) is 56.7 Å². The second-order valence-electron chi connectivity index (χ2n) is 4.84. The molecule has 2 rings (SSSR count). The standard InChI is InChI=1S/C19H17NO4/c1-22-16-7-4-13(5-8-16)19(21)15(12-20)10-14-6-9-17(23-2)11-18(14)24-3/h4-11H,1-3H3/b15-10+. The first-order valence-electron chi connectivity index (χ1n) is 7.15. The summed E-state index contributed by atoms with van der Waals surface area (Å²) in [7, 11) is 4.62. The molecule has 2 aromatic carbocycles. The van der Waals surface area contributed by atoms with Gasteiger partial charge in [-0.25, -0.2) is 0 Å². The van der Waals surface area contributed by atoms with Gasteiger partial charge in [0.1, 0.15) is 28.9 Å². The smallest absolute Gasteiger partial charge is 0.203 e. The molecule has 0 aliphatic rings. The van der Waals surface area contributed by atoms with Crippen LogP contribution in [0.5, 0.6) is 17.2 Å². The lowest BCUT2D eigenvalue weighted by Crippen LogP contribution is -2.02. The molecule has 0 aliphatic carbocycles. The summed E-state index contributed by atoms with van der Waals surface area (Å²) in [5, 5.41) is 9.35. The predicted octanol–water partition coefficient (Wildman–Crippen LogP) is 3.50. The highest BCUT2D eigenvalue weighted by Crippen LogP contribution is 2.27. The molecule has 0 aromatic heterocycles. The largest absolute Gasteiger partial charge is 0.497 e. The zero-order chi connectivity index (χ0) is 17.5. The Balaban J connectivity index is 2.38. The fourth-order valence-corrected chi connectivity index (χ4v) is 2.14. The Hall–Kier alpha value is -3.26. The fraction of sp³-hybridized carbons (Fsp3) is 0.158. The topological polar surface area (TPSA) is 68.6 Å². The van der Waals surface area contributed by atoms with Gasteiger partial charge >= 0.3 is 0 Å². The normalized spacial score (nSPS) is 10.7. The molecule has 0 fully saturated rings. The van der Waals surface area contributed by atoms with Crippen molar-refractivity contribution in [1.82, 2.24) is 0 Å². The van der Waals surface area contributed by atoms with Crippen molar-refractivity contribution in [2.24, 2.45) is 0 Å². The van der Waals surface area contributed by atoms with Gasteiger partial charge in [0.05, 0.1) is 21.3 Å². The molecule has 0 unspecified atom stereocenters. The summed E-state index contributed by atoms with van der Waals surface area (Å²) in [5.41, 5.74) is 1.05. The first-order chi connectivity index (χ1) is 11.6. The van der Waals surface area contributed by atoms with Crippen molar-refractivity contribution < 1.29 is 19.0 Å². The highest BCUT2D eigenvalue weighted by atomic mass is 16.5. The van der Waals surface area contributed by atoms with Gasteiger partial charge in [-0.2, -0.15) is 5.26 Å². The Morgan fingerprint density at radius 2 is 1.58 bits per heavy atom. The van der Waals surface area contributed by atoms with Crippen molar-refractivity contribution in [3.63, 3.8) is 0 Å². The third-order valence-electron chi connectivity index (χ3n) is 3.46. The minimum absolute atomic E-state index is 0.0173. The summed E-state index contributed by atoms with van der Waals surface area (Å²) < 4.78 is 15.5. The zero-order valence-corrected chi connectivity index (χ0v) is 13.7. The molecule has 0 saturated carbocycles. The molecule has 0 aliphatic heterocycles. The van der Waals surface area contributed by atoms with Gasteiger partial charge in [-0.1, -0.05) is 0 Å². The third-order valence-corrected chi connectivity index (χ3v) is 3.46. The van der Waals surface area contributed by atoms with Crippen molar-refractivity contribution in [2.75, 3.05) is 21.3 Å². The monoisotopic (exact) mass is 323 g/mol. The molecule has 0 amide bonds. The molecule has 0 radical (unpaired) electrons. The van der Waals surface area contributed by atoms with Crippen LogP contribution in [-0.2, 0) is 0 Å². The number of methoxy groups -OCH3 is 3. The Labute approximate surface area is 140 Å². The van der Waals surface area contributed by atoms with E-state index in [2.05, 4.69) is 0 Å². The van der Waals surface area contributed by atoms with Crippen LogP contribution in [0.4, 0.5) is 0 Å². The number of rotatable bonds is 6. The van der Waals surface area contributed by atoms with Crippen LogP contribution in [0, 0.1) is 11.3 Å². The molecule has 24 heavy (non-hydrogen) atoms. The average Bonchev–Trinajstić information content (AvgIpc) is 2.65. The highest BCUT2D eigenvalue weighted by Gasteiger charge is 2.14. The molecular formula is C19H17NO4. The number of carbonyl (C=O) groups excluding carboxylic acids is 1. The highest BCUT2D eigenvalue weighted by molar-refractivity contribution is 6.14. The summed E-state index contributed by atoms with van der Waals surface area (Å²) in [6.45, 7) is 0. The number of Topliss-reactive ketones (excluding diaryl/α,β-unsaturated/α-hetero) is 1. The number of benzene rings is 2. The van der Waals surface area contributed by atoms with Crippen molar-refractivity contribution in [2.45, 2.75) is 0 Å². The average molecular weight is 323 g/mol. The van der Waals surface area contributed by atoms with Gasteiger partial charge in [0, 0.05) is 17.2 Å². The lowest BCUT2D eigenvalue weighted by molar-refractivity contribution is 0.104. The molecule has 122 valence electrons. The van der Waals surface area contributed by atoms with E-state index in [0.717, 1.165) is 0 Å². The van der Waals surface area contributed by atoms with E-state index in [1.807, 2.05) is 6.07 Å². The molecule has 0 atom stereocenters. The summed E-state index contributed by atoms with van der Waals surface area (Å²) in [4.78, 5) is 12.5. The molecule has 5 nitrogen and oxygen atoms in total. The van der Waals surface area contributed by atoms with E-state index in [4.69, 9.17) is 14.2 Å². The van der Waals surface area contributed by atoms with E-state index in [9.17, 15) is 10.1 Å². The number of ether oxygens (including phenoxy) is 3. The van der Waals surface area contributed by atoms with E-state index in [-0.39, 0.29) is 11.4 Å². The summed E-state index contributed by atoms with van der Waals surface area (Å²) in [5.74, 6) is 1.43. The maximum atomic E-state index is 12.5. The van der Waals surface area contributed by atoms with E-state index in [1.165, 1.54) is 13.2 Å². The first-order valence-corrected chi connectivity index (χ1v) is 7.15. The Kier molecular flexibility index (Phi) is 5.58. The van der Waals surface area contributed by atoms with Gasteiger partial charge in [0.15, 0.2) is 0 Å². The molecule has 5 heteroatoms. The van der Waals surface area contributed by atoms with Crippen LogP contribution < -0.4 is 14.2 Å². The number of allylic oxidation sites excluding steroid dienone is 1. The second-order valence-corrected chi connectivity index (χ2v) is 4.84. The number of hydrogen-bond acceptors (Lipinski definition) is 5. The Bertz CT molecular complexity index is 801. The zero-order valence-electron chi connectivity index (χ0n) is 13.7. The van der Waals surface area contributed by atoms with Crippen LogP contribution in [0.25, 0.3) is 6.08 Å². The van der Waals surface area contributed by atoms with Crippen LogP contribution in [-0.4, -0.2) is 27.1 Å². The van der Waals surface area contributed by atoms with Crippen molar-refractivity contribution in [3.8, 4) is 23.3 Å². The maximum absolute atomic E-state index is 12.5. The van der Waals surface area contributed by atoms with Crippen LogP contribution >= 0.6 is 0 Å². The summed E-state index contributed by atoms with van der Waals surface area (Å²) in [6.07, 6.45) is 1.50. The number of ketones is 1. The van der Waals surface area contributed by atoms with Gasteiger partial charge in [-0.05, 0) is 42.5 Å². The maximum Gasteiger partial charge on any atom is 0.203 e. The quantitative estimate of drug-likeness (QED) is 0.462. The number of nitriles is 1. The fourth-order valence-electron chi connectivity index (χ4n) is 2.14. The van der Waals surface area contributed by atoms with E-state index >= 15 is 0 Å². The predicted molar refractivity (Wildman–Crippen MR) is 90.5 cm³/mol. The number of nitrogens with zero attached hydrogens (tertiary/aromatic N) is 1. The van der Waals surface area contributed by atoms with E-state index in [0.29, 0.717) is 28.4 Å². The lowest BCUT2D eigenvalue weighted by Gasteiger charge is -2.08. The van der Waals surface area contributed by atoms with E-state index < -0.39 is 0 Å². The van der Waals surface area contributed by atoms with Crippen LogP contribution in [0.3, 0.4) is 0 Å². The molecule has 0 N–H and O–H groups in total. The molecule has 2 aromatic rings. The number of hydrogen-bond donors (Lipinski definition) is 0. The second kappa shape index (κ2) is 7.84. The lowest BCUT2D eigenvalue weighted by atomic mass is 10.0. The molecule has 0 bridgehead atoms. The minimum atomic E-state index is -0.363. The van der Waals surface area contributed by atoms with Crippen molar-refractivity contribution >= 4 is 11.9 Å². The summed E-state index contributed by atoms with van der Waals surface area (Å²) >= 11 is 0. The SMILES string of the molecule is COc1ccc(C(=O)/C(C#N)=C/c2ccc(OC)cc2OC)cc1. The molecular weight excluding hydrogens is 306 g/mol. The van der Waals surface area contributed by atoms with Crippen molar-refractivity contribution in [1.29, 1.82) is 5.26 Å². The summed E-state index contributed by atoms with van der Waals surface area (Å²) in [6, 6.07) is 13.7. The Morgan fingerprint density at radius 3 is 2.12 bits per heavy atom. The van der Waals surface area contributed by atoms with Gasteiger partial charge in [-0.15, -0.1) is 0 Å². The third kappa shape index (κ3) is 3.73. The molecule has 0 saturated heterocycles. The minimum Gasteiger partial charge on any atom is -0.497 e. The van der Waals surface area contributed by atoms with Crippen LogP contribution in [0.1, 0.15) is 15.9 Å². The van der Waals surface area contributed by atoms with Gasteiger partial charge in [0.2, 0.25) is 5.78 Å². The first kappa shape index (κ1) is 17.1. The van der Waals surface area contributed by atoms with Gasteiger partial charge < -0.3 is 14.2 Å². The van der Waals surface area contributed by atoms with Gasteiger partial charge in [0.25, 0.3) is 0 Å². The van der Waals surface area contributed by atoms with Crippen molar-refractivity contribution in [3.05, 3.63) is 59.2 Å². The molecule has 0 spiro atoms.